The van der Waals surface area contributed by atoms with Gasteiger partial charge in [-0.05, 0) is 43.5 Å². The summed E-state index contributed by atoms with van der Waals surface area (Å²) in [7, 11) is 0. The molecule has 130 valence electrons. The molecular weight excluding hydrogens is 349 g/mol. The van der Waals surface area contributed by atoms with Gasteiger partial charge in [0, 0.05) is 34.7 Å². The van der Waals surface area contributed by atoms with Crippen LogP contribution < -0.4 is 16.0 Å². The summed E-state index contributed by atoms with van der Waals surface area (Å²) in [6.07, 6.45) is 3.31. The molecule has 3 unspecified atom stereocenters. The Bertz CT molecular complexity index is 632. The van der Waals surface area contributed by atoms with Crippen LogP contribution in [0, 0.1) is 11.8 Å². The molecule has 7 heteroatoms. The Kier molecular flexibility index (Phi) is 5.33. The summed E-state index contributed by atoms with van der Waals surface area (Å²) in [5.41, 5.74) is 6.40. The fourth-order valence-corrected chi connectivity index (χ4v) is 4.15. The summed E-state index contributed by atoms with van der Waals surface area (Å²) in [5, 5.41) is 4.02. The Labute approximate surface area is 151 Å². The van der Waals surface area contributed by atoms with Crippen molar-refractivity contribution in [2.45, 2.75) is 31.7 Å². The molecule has 5 nitrogen and oxygen atoms in total. The summed E-state index contributed by atoms with van der Waals surface area (Å²) >= 11 is 12.0. The normalized spacial score (nSPS) is 26.9. The minimum absolute atomic E-state index is 0.0654. The number of benzene rings is 1. The maximum Gasteiger partial charge on any atom is 0.227 e. The molecule has 1 saturated carbocycles. The van der Waals surface area contributed by atoms with Crippen molar-refractivity contribution in [3.8, 4) is 0 Å². The lowest BCUT2D eigenvalue weighted by Crippen LogP contribution is -2.43. The molecule has 24 heavy (non-hydrogen) atoms. The van der Waals surface area contributed by atoms with Crippen LogP contribution in [0.5, 0.6) is 0 Å². The molecule has 2 fully saturated rings. The standard InChI is InChI=1S/C17H21Cl2N3O2/c18-12-5-13(19)7-14(6-12)22-9-11(4-16(22)23)17(24)21-15-3-1-2-10(15)8-20/h5-7,10-11,15H,1-4,8-9,20H2,(H,21,24). The van der Waals surface area contributed by atoms with Crippen molar-refractivity contribution in [3.63, 3.8) is 0 Å². The average molecular weight is 370 g/mol. The van der Waals surface area contributed by atoms with E-state index in [0.717, 1.165) is 19.3 Å². The highest BCUT2D eigenvalue weighted by molar-refractivity contribution is 6.35. The molecule has 1 aliphatic carbocycles. The van der Waals surface area contributed by atoms with E-state index >= 15 is 0 Å². The number of rotatable bonds is 4. The van der Waals surface area contributed by atoms with E-state index in [0.29, 0.717) is 34.7 Å². The molecule has 3 atom stereocenters. The van der Waals surface area contributed by atoms with Gasteiger partial charge < -0.3 is 16.0 Å². The highest BCUT2D eigenvalue weighted by Crippen LogP contribution is 2.31. The maximum atomic E-state index is 12.5. The fraction of sp³-hybridized carbons (Fsp3) is 0.529. The molecule has 0 radical (unpaired) electrons. The smallest absolute Gasteiger partial charge is 0.227 e. The fourth-order valence-electron chi connectivity index (χ4n) is 3.64. The van der Waals surface area contributed by atoms with E-state index in [4.69, 9.17) is 28.9 Å². The molecule has 1 aromatic carbocycles. The van der Waals surface area contributed by atoms with Gasteiger partial charge in [0.25, 0.3) is 0 Å². The number of anilines is 1. The lowest BCUT2D eigenvalue weighted by molar-refractivity contribution is -0.127. The van der Waals surface area contributed by atoms with Gasteiger partial charge in [0.2, 0.25) is 11.8 Å². The zero-order chi connectivity index (χ0) is 17.3. The van der Waals surface area contributed by atoms with Crippen molar-refractivity contribution in [2.75, 3.05) is 18.0 Å². The zero-order valence-corrected chi connectivity index (χ0v) is 14.8. The van der Waals surface area contributed by atoms with E-state index in [1.54, 1.807) is 23.1 Å². The second kappa shape index (κ2) is 7.30. The van der Waals surface area contributed by atoms with Gasteiger partial charge in [-0.1, -0.05) is 29.6 Å². The van der Waals surface area contributed by atoms with Crippen LogP contribution in [0.3, 0.4) is 0 Å². The third-order valence-electron chi connectivity index (χ3n) is 4.94. The highest BCUT2D eigenvalue weighted by atomic mass is 35.5. The lowest BCUT2D eigenvalue weighted by atomic mass is 10.0. The van der Waals surface area contributed by atoms with E-state index in [1.165, 1.54) is 0 Å². The van der Waals surface area contributed by atoms with Crippen LogP contribution in [-0.4, -0.2) is 30.9 Å². The number of hydrogen-bond donors (Lipinski definition) is 2. The molecular formula is C17H21Cl2N3O2. The molecule has 0 bridgehead atoms. The lowest BCUT2D eigenvalue weighted by Gasteiger charge is -2.22. The second-order valence-corrected chi connectivity index (χ2v) is 7.45. The van der Waals surface area contributed by atoms with E-state index in [1.807, 2.05) is 0 Å². The molecule has 1 aliphatic heterocycles. The maximum absolute atomic E-state index is 12.5. The Morgan fingerprint density at radius 1 is 1.25 bits per heavy atom. The summed E-state index contributed by atoms with van der Waals surface area (Å²) in [5.74, 6) is -0.164. The zero-order valence-electron chi connectivity index (χ0n) is 13.3. The number of nitrogens with zero attached hydrogens (tertiary/aromatic N) is 1. The Balaban J connectivity index is 1.66. The summed E-state index contributed by atoms with van der Waals surface area (Å²) in [6, 6.07) is 5.12. The van der Waals surface area contributed by atoms with Crippen LogP contribution in [0.15, 0.2) is 18.2 Å². The van der Waals surface area contributed by atoms with E-state index < -0.39 is 0 Å². The molecule has 1 aromatic rings. The van der Waals surface area contributed by atoms with Crippen LogP contribution in [0.2, 0.25) is 10.0 Å². The van der Waals surface area contributed by atoms with E-state index in [9.17, 15) is 9.59 Å². The molecule has 0 aromatic heterocycles. The number of hydrogen-bond acceptors (Lipinski definition) is 3. The third-order valence-corrected chi connectivity index (χ3v) is 5.38. The molecule has 2 aliphatic rings. The SMILES string of the molecule is NCC1CCCC1NC(=O)C1CC(=O)N(c2cc(Cl)cc(Cl)c2)C1. The second-order valence-electron chi connectivity index (χ2n) is 6.57. The topological polar surface area (TPSA) is 75.4 Å². The van der Waals surface area contributed by atoms with Gasteiger partial charge in [0.15, 0.2) is 0 Å². The molecule has 1 saturated heterocycles. The quantitative estimate of drug-likeness (QED) is 0.856. The Morgan fingerprint density at radius 3 is 2.62 bits per heavy atom. The first-order valence-corrected chi connectivity index (χ1v) is 9.00. The Hall–Kier alpha value is -1.30. The molecule has 0 spiro atoms. The molecule has 2 amide bonds. The predicted molar refractivity (Wildman–Crippen MR) is 95.2 cm³/mol. The van der Waals surface area contributed by atoms with Gasteiger partial charge in [0.05, 0.1) is 5.92 Å². The first-order chi connectivity index (χ1) is 11.5. The van der Waals surface area contributed by atoms with Crippen LogP contribution >= 0.6 is 23.2 Å². The van der Waals surface area contributed by atoms with Gasteiger partial charge in [-0.25, -0.2) is 0 Å². The molecule has 1 heterocycles. The van der Waals surface area contributed by atoms with Crippen LogP contribution in [-0.2, 0) is 9.59 Å². The van der Waals surface area contributed by atoms with Crippen molar-refractivity contribution < 1.29 is 9.59 Å². The van der Waals surface area contributed by atoms with Crippen molar-refractivity contribution in [3.05, 3.63) is 28.2 Å². The number of nitrogens with one attached hydrogen (secondary N) is 1. The average Bonchev–Trinajstić information content (AvgIpc) is 3.12. The first kappa shape index (κ1) is 17.5. The minimum atomic E-state index is -0.353. The Morgan fingerprint density at radius 2 is 1.96 bits per heavy atom. The van der Waals surface area contributed by atoms with Gasteiger partial charge in [-0.2, -0.15) is 0 Å². The van der Waals surface area contributed by atoms with Gasteiger partial charge in [0.1, 0.15) is 0 Å². The summed E-state index contributed by atoms with van der Waals surface area (Å²) in [6.45, 7) is 0.934. The van der Waals surface area contributed by atoms with E-state index in [-0.39, 0.29) is 30.2 Å². The van der Waals surface area contributed by atoms with Crippen molar-refractivity contribution in [2.24, 2.45) is 17.6 Å². The number of carbonyl (C=O) groups excluding carboxylic acids is 2. The largest absolute Gasteiger partial charge is 0.353 e. The van der Waals surface area contributed by atoms with Gasteiger partial charge in [-0.3, -0.25) is 9.59 Å². The van der Waals surface area contributed by atoms with Gasteiger partial charge >= 0.3 is 0 Å². The van der Waals surface area contributed by atoms with Crippen LogP contribution in [0.25, 0.3) is 0 Å². The van der Waals surface area contributed by atoms with Crippen LogP contribution in [0.4, 0.5) is 5.69 Å². The third kappa shape index (κ3) is 3.68. The van der Waals surface area contributed by atoms with Crippen molar-refractivity contribution in [1.82, 2.24) is 5.32 Å². The number of halogens is 2. The number of amides is 2. The predicted octanol–water partition coefficient (Wildman–Crippen LogP) is 2.59. The van der Waals surface area contributed by atoms with Crippen molar-refractivity contribution in [1.29, 1.82) is 0 Å². The first-order valence-electron chi connectivity index (χ1n) is 8.25. The van der Waals surface area contributed by atoms with Crippen LogP contribution in [0.1, 0.15) is 25.7 Å². The van der Waals surface area contributed by atoms with E-state index in [2.05, 4.69) is 5.32 Å². The summed E-state index contributed by atoms with van der Waals surface area (Å²) in [4.78, 5) is 26.4. The number of carbonyl (C=O) groups is 2. The summed E-state index contributed by atoms with van der Waals surface area (Å²) < 4.78 is 0. The minimum Gasteiger partial charge on any atom is -0.353 e. The van der Waals surface area contributed by atoms with Crippen molar-refractivity contribution >= 4 is 40.7 Å². The molecule has 3 rings (SSSR count). The number of nitrogens with two attached hydrogens (primary N) is 1. The molecule has 3 N–H and O–H groups in total. The monoisotopic (exact) mass is 369 g/mol. The highest BCUT2D eigenvalue weighted by Gasteiger charge is 2.37. The van der Waals surface area contributed by atoms with Gasteiger partial charge in [-0.15, -0.1) is 0 Å².